The summed E-state index contributed by atoms with van der Waals surface area (Å²) in [5.74, 6) is 0.275. The molecule has 1 amide bonds. The number of halogens is 2. The summed E-state index contributed by atoms with van der Waals surface area (Å²) < 4.78 is 13.1. The van der Waals surface area contributed by atoms with E-state index in [4.69, 9.17) is 11.6 Å². The quantitative estimate of drug-likeness (QED) is 0.717. The fraction of sp³-hybridized carbons (Fsp3) is 0.381. The normalized spacial score (nSPS) is 14.9. The second-order valence-corrected chi connectivity index (χ2v) is 7.48. The molecule has 2 aromatic carbocycles. The van der Waals surface area contributed by atoms with Crippen LogP contribution in [0.15, 0.2) is 42.5 Å². The summed E-state index contributed by atoms with van der Waals surface area (Å²) >= 11 is 5.74. The number of rotatable bonds is 6. The zero-order valence-corrected chi connectivity index (χ0v) is 16.2. The van der Waals surface area contributed by atoms with Gasteiger partial charge >= 0.3 is 0 Å². The topological polar surface area (TPSA) is 44.4 Å². The molecule has 2 aromatic rings. The van der Waals surface area contributed by atoms with Crippen molar-refractivity contribution in [2.45, 2.75) is 26.2 Å². The second-order valence-electron chi connectivity index (χ2n) is 7.07. The molecule has 0 atom stereocenters. The van der Waals surface area contributed by atoms with Crippen LogP contribution >= 0.6 is 11.6 Å². The molecule has 1 saturated heterocycles. The smallest absolute Gasteiger partial charge is 0.226 e. The lowest BCUT2D eigenvalue weighted by molar-refractivity contribution is -0.115. The Morgan fingerprint density at radius 1 is 1.15 bits per heavy atom. The molecule has 3 rings (SSSR count). The van der Waals surface area contributed by atoms with Crippen LogP contribution in [0.3, 0.4) is 0 Å². The molecule has 1 heterocycles. The Labute approximate surface area is 164 Å². The molecule has 0 aliphatic carbocycles. The zero-order valence-electron chi connectivity index (χ0n) is 15.5. The molecule has 1 aliphatic rings. The van der Waals surface area contributed by atoms with E-state index >= 15 is 0 Å². The predicted octanol–water partition coefficient (Wildman–Crippen LogP) is 5.16. The lowest BCUT2D eigenvalue weighted by Gasteiger charge is -2.32. The largest absolute Gasteiger partial charge is 0.384 e. The first-order valence-corrected chi connectivity index (χ1v) is 9.73. The molecule has 0 radical (unpaired) electrons. The summed E-state index contributed by atoms with van der Waals surface area (Å²) in [6, 6.07) is 12.4. The average molecular weight is 390 g/mol. The van der Waals surface area contributed by atoms with E-state index in [9.17, 15) is 9.18 Å². The molecule has 1 fully saturated rings. The minimum atomic E-state index is -0.456. The molecule has 6 heteroatoms. The van der Waals surface area contributed by atoms with Gasteiger partial charge in [0.15, 0.2) is 0 Å². The molecule has 144 valence electrons. The first kappa shape index (κ1) is 19.5. The Morgan fingerprint density at radius 2 is 1.81 bits per heavy atom. The van der Waals surface area contributed by atoms with Crippen molar-refractivity contribution in [1.82, 2.24) is 0 Å². The zero-order chi connectivity index (χ0) is 19.2. The van der Waals surface area contributed by atoms with E-state index in [1.54, 1.807) is 6.07 Å². The molecule has 0 aromatic heterocycles. The van der Waals surface area contributed by atoms with Crippen LogP contribution in [0.25, 0.3) is 0 Å². The van der Waals surface area contributed by atoms with Gasteiger partial charge in [-0.2, -0.15) is 0 Å². The van der Waals surface area contributed by atoms with Gasteiger partial charge < -0.3 is 15.5 Å². The fourth-order valence-corrected chi connectivity index (χ4v) is 3.35. The van der Waals surface area contributed by atoms with Crippen molar-refractivity contribution < 1.29 is 9.18 Å². The van der Waals surface area contributed by atoms with Gasteiger partial charge in [-0.05, 0) is 61.2 Å². The van der Waals surface area contributed by atoms with Crippen molar-refractivity contribution in [3.05, 3.63) is 53.3 Å². The number of nitrogens with zero attached hydrogens (tertiary/aromatic N) is 1. The molecule has 0 unspecified atom stereocenters. The number of piperidine rings is 1. The van der Waals surface area contributed by atoms with Crippen LogP contribution in [0.1, 0.15) is 26.2 Å². The van der Waals surface area contributed by atoms with E-state index in [1.807, 2.05) is 12.1 Å². The van der Waals surface area contributed by atoms with Gasteiger partial charge in [-0.25, -0.2) is 4.39 Å². The highest BCUT2D eigenvalue weighted by Crippen LogP contribution is 2.24. The number of hydrogen-bond acceptors (Lipinski definition) is 3. The van der Waals surface area contributed by atoms with Gasteiger partial charge in [0.05, 0.1) is 5.02 Å². The van der Waals surface area contributed by atoms with Gasteiger partial charge in [0.2, 0.25) is 5.91 Å². The van der Waals surface area contributed by atoms with Gasteiger partial charge in [-0.1, -0.05) is 18.5 Å². The summed E-state index contributed by atoms with van der Waals surface area (Å²) in [6.07, 6.45) is 2.76. The predicted molar refractivity (Wildman–Crippen MR) is 110 cm³/mol. The lowest BCUT2D eigenvalue weighted by atomic mass is 9.99. The van der Waals surface area contributed by atoms with E-state index in [0.717, 1.165) is 24.7 Å². The molecule has 1 aliphatic heterocycles. The molecule has 0 spiro atoms. The van der Waals surface area contributed by atoms with Gasteiger partial charge in [0.25, 0.3) is 0 Å². The van der Waals surface area contributed by atoms with Gasteiger partial charge in [0, 0.05) is 43.1 Å². The number of nitrogens with one attached hydrogen (secondary N) is 2. The molecule has 0 saturated carbocycles. The summed E-state index contributed by atoms with van der Waals surface area (Å²) in [5, 5.41) is 6.03. The minimum Gasteiger partial charge on any atom is -0.384 e. The van der Waals surface area contributed by atoms with Crippen molar-refractivity contribution in [2.24, 2.45) is 5.92 Å². The Kier molecular flexibility index (Phi) is 6.56. The van der Waals surface area contributed by atoms with Crippen LogP contribution in [0.5, 0.6) is 0 Å². The molecule has 4 nitrogen and oxygen atoms in total. The van der Waals surface area contributed by atoms with Crippen LogP contribution in [-0.2, 0) is 4.79 Å². The SMILES string of the molecule is CC1CCN(c2ccc(NC(=O)CCNc3ccc(F)c(Cl)c3)cc2)CC1. The molecular formula is C21H25ClFN3O. The number of benzene rings is 2. The fourth-order valence-electron chi connectivity index (χ4n) is 3.17. The van der Waals surface area contributed by atoms with E-state index in [0.29, 0.717) is 18.7 Å². The lowest BCUT2D eigenvalue weighted by Crippen LogP contribution is -2.32. The maximum Gasteiger partial charge on any atom is 0.226 e. The van der Waals surface area contributed by atoms with Gasteiger partial charge in [-0.15, -0.1) is 0 Å². The van der Waals surface area contributed by atoms with Crippen molar-refractivity contribution in [3.63, 3.8) is 0 Å². The third-order valence-corrected chi connectivity index (χ3v) is 5.19. The summed E-state index contributed by atoms with van der Waals surface area (Å²) in [5.41, 5.74) is 2.68. The van der Waals surface area contributed by atoms with Crippen molar-refractivity contribution >= 4 is 34.6 Å². The Bertz CT molecular complexity index is 773. The van der Waals surface area contributed by atoms with Crippen LogP contribution < -0.4 is 15.5 Å². The Balaban J connectivity index is 1.44. The molecular weight excluding hydrogens is 365 g/mol. The van der Waals surface area contributed by atoms with E-state index in [1.165, 1.54) is 30.7 Å². The number of anilines is 3. The summed E-state index contributed by atoms with van der Waals surface area (Å²) in [4.78, 5) is 14.5. The van der Waals surface area contributed by atoms with Gasteiger partial charge in [0.1, 0.15) is 5.82 Å². The molecule has 0 bridgehead atoms. The second kappa shape index (κ2) is 9.09. The van der Waals surface area contributed by atoms with Crippen molar-refractivity contribution in [2.75, 3.05) is 35.2 Å². The number of amides is 1. The average Bonchev–Trinajstić information content (AvgIpc) is 2.66. The highest BCUT2D eigenvalue weighted by Gasteiger charge is 2.15. The first-order valence-electron chi connectivity index (χ1n) is 9.35. The summed E-state index contributed by atoms with van der Waals surface area (Å²) in [7, 11) is 0. The monoisotopic (exact) mass is 389 g/mol. The standard InChI is InChI=1S/C21H25ClFN3O/c1-15-9-12-26(13-10-15)18-5-2-16(3-6-18)25-21(27)8-11-24-17-4-7-20(23)19(22)14-17/h2-7,14-15,24H,8-13H2,1H3,(H,25,27). The van der Waals surface area contributed by atoms with Crippen molar-refractivity contribution in [1.29, 1.82) is 0 Å². The maximum absolute atomic E-state index is 13.1. The Hall–Kier alpha value is -2.27. The number of carbonyl (C=O) groups is 1. The number of hydrogen-bond donors (Lipinski definition) is 2. The third-order valence-electron chi connectivity index (χ3n) is 4.90. The molecule has 2 N–H and O–H groups in total. The maximum atomic E-state index is 13.1. The number of carbonyl (C=O) groups excluding carboxylic acids is 1. The minimum absolute atomic E-state index is 0.0627. The van der Waals surface area contributed by atoms with Crippen molar-refractivity contribution in [3.8, 4) is 0 Å². The highest BCUT2D eigenvalue weighted by molar-refractivity contribution is 6.31. The van der Waals surface area contributed by atoms with E-state index in [2.05, 4.69) is 34.6 Å². The van der Waals surface area contributed by atoms with Crippen LogP contribution in [-0.4, -0.2) is 25.5 Å². The van der Waals surface area contributed by atoms with Crippen LogP contribution in [0.2, 0.25) is 5.02 Å². The van der Waals surface area contributed by atoms with E-state index in [-0.39, 0.29) is 10.9 Å². The van der Waals surface area contributed by atoms with Crippen LogP contribution in [0, 0.1) is 11.7 Å². The Morgan fingerprint density at radius 3 is 2.48 bits per heavy atom. The van der Waals surface area contributed by atoms with Gasteiger partial charge in [-0.3, -0.25) is 4.79 Å². The van der Waals surface area contributed by atoms with Crippen LogP contribution in [0.4, 0.5) is 21.5 Å². The first-order chi connectivity index (χ1) is 13.0. The third kappa shape index (κ3) is 5.60. The molecule has 27 heavy (non-hydrogen) atoms. The highest BCUT2D eigenvalue weighted by atomic mass is 35.5. The van der Waals surface area contributed by atoms with E-state index < -0.39 is 5.82 Å². The summed E-state index contributed by atoms with van der Waals surface area (Å²) in [6.45, 7) is 4.92.